The van der Waals surface area contributed by atoms with Gasteiger partial charge in [0.15, 0.2) is 0 Å². The van der Waals surface area contributed by atoms with E-state index in [0.29, 0.717) is 6.61 Å². The fourth-order valence-corrected chi connectivity index (χ4v) is 2.54. The fraction of sp³-hybridized carbons (Fsp3) is 0.429. The van der Waals surface area contributed by atoms with E-state index in [0.717, 1.165) is 28.6 Å². The first kappa shape index (κ1) is 14.0. The van der Waals surface area contributed by atoms with E-state index < -0.39 is 0 Å². The van der Waals surface area contributed by atoms with Crippen LogP contribution in [0.1, 0.15) is 28.2 Å². The number of aryl methyl sites for hydroxylation is 2. The fourth-order valence-electron chi connectivity index (χ4n) is 1.69. The summed E-state index contributed by atoms with van der Waals surface area (Å²) in [6.45, 7) is 6.55. The van der Waals surface area contributed by atoms with Crippen LogP contribution in [0.25, 0.3) is 0 Å². The molecule has 0 aliphatic heterocycles. The molecular weight excluding hydrogens is 258 g/mol. The summed E-state index contributed by atoms with van der Waals surface area (Å²) < 4.78 is 5.67. The van der Waals surface area contributed by atoms with Crippen LogP contribution in [0.4, 0.5) is 0 Å². The monoisotopic (exact) mass is 277 g/mol. The zero-order valence-corrected chi connectivity index (χ0v) is 12.3. The Kier molecular flexibility index (Phi) is 4.50. The summed E-state index contributed by atoms with van der Waals surface area (Å²) in [6, 6.07) is 4.01. The molecule has 0 fully saturated rings. The van der Waals surface area contributed by atoms with Gasteiger partial charge in [0.2, 0.25) is 0 Å². The van der Waals surface area contributed by atoms with Crippen molar-refractivity contribution in [2.45, 2.75) is 39.8 Å². The van der Waals surface area contributed by atoms with Gasteiger partial charge in [-0.15, -0.1) is 11.3 Å². The largest absolute Gasteiger partial charge is 0.485 e. The van der Waals surface area contributed by atoms with Gasteiger partial charge in [0.1, 0.15) is 17.4 Å². The van der Waals surface area contributed by atoms with E-state index in [1.807, 2.05) is 26.0 Å². The van der Waals surface area contributed by atoms with E-state index in [4.69, 9.17) is 10.5 Å². The van der Waals surface area contributed by atoms with Gasteiger partial charge in [0.25, 0.3) is 0 Å². The molecule has 0 aliphatic rings. The van der Waals surface area contributed by atoms with Crippen LogP contribution in [0.3, 0.4) is 0 Å². The maximum absolute atomic E-state index is 5.74. The molecule has 2 rings (SSSR count). The summed E-state index contributed by atoms with van der Waals surface area (Å²) in [4.78, 5) is 10.0. The van der Waals surface area contributed by atoms with E-state index in [9.17, 15) is 0 Å². The van der Waals surface area contributed by atoms with Crippen molar-refractivity contribution in [2.75, 3.05) is 0 Å². The molecule has 2 heterocycles. The maximum atomic E-state index is 5.74. The topological polar surface area (TPSA) is 61.0 Å². The lowest BCUT2D eigenvalue weighted by Crippen LogP contribution is -2.18. The van der Waals surface area contributed by atoms with Crippen molar-refractivity contribution in [1.29, 1.82) is 0 Å². The number of pyridine rings is 1. The number of ether oxygens (including phenoxy) is 1. The Balaban J connectivity index is 1.92. The van der Waals surface area contributed by atoms with Crippen LogP contribution in [0.2, 0.25) is 0 Å². The molecule has 0 aromatic carbocycles. The molecule has 1 atom stereocenters. The molecule has 19 heavy (non-hydrogen) atoms. The Labute approximate surface area is 117 Å². The summed E-state index contributed by atoms with van der Waals surface area (Å²) in [5.41, 5.74) is 7.80. The average molecular weight is 277 g/mol. The summed E-state index contributed by atoms with van der Waals surface area (Å²) in [5, 5.41) is 0.995. The number of nitrogens with two attached hydrogens (primary N) is 1. The lowest BCUT2D eigenvalue weighted by atomic mass is 10.2. The molecule has 2 aromatic heterocycles. The van der Waals surface area contributed by atoms with Crippen LogP contribution in [-0.4, -0.2) is 16.0 Å². The third kappa shape index (κ3) is 4.01. The molecule has 1 unspecified atom stereocenters. The highest BCUT2D eigenvalue weighted by Gasteiger charge is 2.05. The molecule has 102 valence electrons. The summed E-state index contributed by atoms with van der Waals surface area (Å²) in [6.07, 6.45) is 2.52. The highest BCUT2D eigenvalue weighted by molar-refractivity contribution is 7.11. The van der Waals surface area contributed by atoms with Crippen LogP contribution in [0.15, 0.2) is 18.3 Å². The molecule has 4 nitrogen and oxygen atoms in total. The summed E-state index contributed by atoms with van der Waals surface area (Å²) >= 11 is 1.67. The molecular formula is C14H19N3OS. The number of aromatic nitrogens is 2. The van der Waals surface area contributed by atoms with E-state index >= 15 is 0 Å². The summed E-state index contributed by atoms with van der Waals surface area (Å²) in [7, 11) is 0. The number of hydrogen-bond acceptors (Lipinski definition) is 5. The molecule has 0 aliphatic carbocycles. The predicted molar refractivity (Wildman–Crippen MR) is 77.5 cm³/mol. The van der Waals surface area contributed by atoms with Crippen LogP contribution < -0.4 is 10.5 Å². The zero-order chi connectivity index (χ0) is 13.8. The maximum Gasteiger partial charge on any atom is 0.140 e. The van der Waals surface area contributed by atoms with E-state index in [-0.39, 0.29) is 6.04 Å². The first-order valence-electron chi connectivity index (χ1n) is 6.31. The predicted octanol–water partition coefficient (Wildman–Crippen LogP) is 2.62. The van der Waals surface area contributed by atoms with Gasteiger partial charge in [0, 0.05) is 23.0 Å². The van der Waals surface area contributed by atoms with Crippen molar-refractivity contribution in [3.05, 3.63) is 39.6 Å². The molecule has 0 saturated heterocycles. The van der Waals surface area contributed by atoms with Gasteiger partial charge in [-0.3, -0.25) is 4.98 Å². The van der Waals surface area contributed by atoms with Crippen molar-refractivity contribution < 1.29 is 4.74 Å². The first-order valence-corrected chi connectivity index (χ1v) is 7.12. The molecule has 0 spiro atoms. The molecule has 0 bridgehead atoms. The molecule has 2 N–H and O–H groups in total. The molecule has 0 radical (unpaired) electrons. The van der Waals surface area contributed by atoms with Crippen molar-refractivity contribution >= 4 is 11.3 Å². The molecule has 0 saturated carbocycles. The minimum atomic E-state index is 0.125. The summed E-state index contributed by atoms with van der Waals surface area (Å²) in [5.74, 6) is 0.763. The Bertz CT molecular complexity index is 515. The third-order valence-electron chi connectivity index (χ3n) is 2.76. The van der Waals surface area contributed by atoms with Crippen molar-refractivity contribution in [2.24, 2.45) is 5.73 Å². The second-order valence-electron chi connectivity index (χ2n) is 4.70. The minimum absolute atomic E-state index is 0.125. The van der Waals surface area contributed by atoms with Gasteiger partial charge < -0.3 is 10.5 Å². The van der Waals surface area contributed by atoms with Crippen molar-refractivity contribution in [3.63, 3.8) is 0 Å². The van der Waals surface area contributed by atoms with Crippen molar-refractivity contribution in [1.82, 2.24) is 9.97 Å². The number of nitrogens with zero attached hydrogens (tertiary/aromatic N) is 2. The van der Waals surface area contributed by atoms with Crippen LogP contribution in [0, 0.1) is 13.8 Å². The number of thiazole rings is 1. The van der Waals surface area contributed by atoms with Gasteiger partial charge in [-0.05, 0) is 32.9 Å². The first-order chi connectivity index (χ1) is 9.04. The second-order valence-corrected chi connectivity index (χ2v) is 5.99. The van der Waals surface area contributed by atoms with Gasteiger partial charge in [-0.25, -0.2) is 4.98 Å². The SMILES string of the molecule is Cc1nc(COc2ccc(CC(C)N)nc2)sc1C. The zero-order valence-electron chi connectivity index (χ0n) is 11.5. The van der Waals surface area contributed by atoms with E-state index in [1.165, 1.54) is 4.88 Å². The number of hydrogen-bond donors (Lipinski definition) is 1. The van der Waals surface area contributed by atoms with Gasteiger partial charge in [-0.2, -0.15) is 0 Å². The molecule has 0 amide bonds. The lowest BCUT2D eigenvalue weighted by Gasteiger charge is -2.06. The van der Waals surface area contributed by atoms with Crippen LogP contribution in [-0.2, 0) is 13.0 Å². The van der Waals surface area contributed by atoms with Gasteiger partial charge in [-0.1, -0.05) is 0 Å². The quantitative estimate of drug-likeness (QED) is 0.912. The van der Waals surface area contributed by atoms with Crippen LogP contribution >= 0.6 is 11.3 Å². The Hall–Kier alpha value is -1.46. The van der Waals surface area contributed by atoms with Gasteiger partial charge in [0.05, 0.1) is 11.9 Å². The highest BCUT2D eigenvalue weighted by atomic mass is 32.1. The number of rotatable bonds is 5. The highest BCUT2D eigenvalue weighted by Crippen LogP contribution is 2.19. The molecule has 5 heteroatoms. The third-order valence-corrected chi connectivity index (χ3v) is 3.81. The molecule has 2 aromatic rings. The van der Waals surface area contributed by atoms with Gasteiger partial charge >= 0.3 is 0 Å². The lowest BCUT2D eigenvalue weighted by molar-refractivity contribution is 0.304. The smallest absolute Gasteiger partial charge is 0.140 e. The Morgan fingerprint density at radius 3 is 2.68 bits per heavy atom. The second kappa shape index (κ2) is 6.12. The average Bonchev–Trinajstić information content (AvgIpc) is 2.67. The van der Waals surface area contributed by atoms with E-state index in [1.54, 1.807) is 17.5 Å². The van der Waals surface area contributed by atoms with E-state index in [2.05, 4.69) is 16.9 Å². The minimum Gasteiger partial charge on any atom is -0.485 e. The van der Waals surface area contributed by atoms with Crippen LogP contribution in [0.5, 0.6) is 5.75 Å². The normalized spacial score (nSPS) is 12.4. The standard InChI is InChI=1S/C14H19N3OS/c1-9(15)6-12-4-5-13(7-16-12)18-8-14-17-10(2)11(3)19-14/h4-5,7,9H,6,8,15H2,1-3H3. The Morgan fingerprint density at radius 2 is 2.16 bits per heavy atom. The Morgan fingerprint density at radius 1 is 1.37 bits per heavy atom. The van der Waals surface area contributed by atoms with Crippen molar-refractivity contribution in [3.8, 4) is 5.75 Å².